The summed E-state index contributed by atoms with van der Waals surface area (Å²) in [5, 5.41) is 3.82. The third-order valence-corrected chi connectivity index (χ3v) is 4.07. The number of carbonyl (C=O) groups excluding carboxylic acids is 1. The predicted octanol–water partition coefficient (Wildman–Crippen LogP) is 4.42. The molecule has 0 aliphatic heterocycles. The number of carbonyl (C=O) groups is 1. The normalized spacial score (nSPS) is 10.7. The highest BCUT2D eigenvalue weighted by Gasteiger charge is 2.12. The highest BCUT2D eigenvalue weighted by Crippen LogP contribution is 2.23. The van der Waals surface area contributed by atoms with E-state index in [4.69, 9.17) is 4.74 Å². The molecule has 0 aliphatic rings. The molecule has 2 N–H and O–H groups in total. The van der Waals surface area contributed by atoms with Gasteiger partial charge in [0.25, 0.3) is 5.91 Å². The van der Waals surface area contributed by atoms with Crippen LogP contribution in [0.5, 0.6) is 11.6 Å². The minimum atomic E-state index is -0.392. The number of halogens is 1. The molecule has 27 heavy (non-hydrogen) atoms. The molecule has 134 valence electrons. The minimum absolute atomic E-state index is 0.229. The van der Waals surface area contributed by atoms with E-state index in [9.17, 15) is 9.18 Å². The van der Waals surface area contributed by atoms with Gasteiger partial charge in [0.1, 0.15) is 17.3 Å². The first-order valence-corrected chi connectivity index (χ1v) is 8.42. The maximum atomic E-state index is 13.3. The molecule has 0 saturated carbocycles. The molecule has 1 amide bonds. The average molecular weight is 361 g/mol. The number of aromatic amines is 1. The second-order valence-electron chi connectivity index (χ2n) is 5.98. The molecular weight excluding hydrogens is 345 g/mol. The monoisotopic (exact) mass is 361 g/mol. The van der Waals surface area contributed by atoms with E-state index in [0.717, 1.165) is 10.9 Å². The first-order valence-electron chi connectivity index (χ1n) is 8.42. The number of amides is 1. The summed E-state index contributed by atoms with van der Waals surface area (Å²) in [6.45, 7) is 0.229. The fraction of sp³-hybridized carbons (Fsp3) is 0.0476. The van der Waals surface area contributed by atoms with Gasteiger partial charge in [-0.15, -0.1) is 0 Å². The van der Waals surface area contributed by atoms with Crippen LogP contribution in [0.3, 0.4) is 0 Å². The van der Waals surface area contributed by atoms with Gasteiger partial charge in [0.2, 0.25) is 5.88 Å². The Morgan fingerprint density at radius 3 is 2.81 bits per heavy atom. The molecule has 0 atom stereocenters. The van der Waals surface area contributed by atoms with Gasteiger partial charge in [-0.25, -0.2) is 9.37 Å². The van der Waals surface area contributed by atoms with E-state index in [1.54, 1.807) is 36.5 Å². The summed E-state index contributed by atoms with van der Waals surface area (Å²) < 4.78 is 19.0. The van der Waals surface area contributed by atoms with Crippen LogP contribution in [-0.4, -0.2) is 15.9 Å². The number of ether oxygens (including phenoxy) is 1. The van der Waals surface area contributed by atoms with Gasteiger partial charge in [0, 0.05) is 35.3 Å². The molecule has 2 aromatic heterocycles. The molecule has 0 saturated heterocycles. The lowest BCUT2D eigenvalue weighted by molar-refractivity contribution is 0.0946. The molecular formula is C21H16FN3O2. The zero-order chi connectivity index (χ0) is 18.6. The third kappa shape index (κ3) is 3.79. The standard InChI is InChI=1S/C21H16FN3O2/c22-16-7-3-8-17(12-16)27-21-15(6-4-10-23-21)13-24-20(26)19-11-14-5-1-2-9-18(14)25-19/h1-12,25H,13H2,(H,24,26). The Bertz CT molecular complexity index is 1070. The van der Waals surface area contributed by atoms with Crippen molar-refractivity contribution in [3.63, 3.8) is 0 Å². The van der Waals surface area contributed by atoms with Crippen molar-refractivity contribution in [2.24, 2.45) is 0 Å². The highest BCUT2D eigenvalue weighted by atomic mass is 19.1. The Morgan fingerprint density at radius 2 is 1.96 bits per heavy atom. The molecule has 4 rings (SSSR count). The SMILES string of the molecule is O=C(NCc1cccnc1Oc1cccc(F)c1)c1cc2ccccc2[nH]1. The number of benzene rings is 2. The predicted molar refractivity (Wildman–Crippen MR) is 100 cm³/mol. The van der Waals surface area contributed by atoms with Gasteiger partial charge in [-0.2, -0.15) is 0 Å². The van der Waals surface area contributed by atoms with E-state index < -0.39 is 5.82 Å². The van der Waals surface area contributed by atoms with Crippen LogP contribution in [0.4, 0.5) is 4.39 Å². The van der Waals surface area contributed by atoms with Crippen molar-refractivity contribution >= 4 is 16.8 Å². The van der Waals surface area contributed by atoms with Gasteiger partial charge in [0.15, 0.2) is 0 Å². The zero-order valence-electron chi connectivity index (χ0n) is 14.3. The Hall–Kier alpha value is -3.67. The summed E-state index contributed by atoms with van der Waals surface area (Å²) in [5.74, 6) is 0.0424. The molecule has 0 spiro atoms. The lowest BCUT2D eigenvalue weighted by Crippen LogP contribution is -2.23. The number of nitrogens with one attached hydrogen (secondary N) is 2. The smallest absolute Gasteiger partial charge is 0.267 e. The quantitative estimate of drug-likeness (QED) is 0.553. The Balaban J connectivity index is 1.48. The van der Waals surface area contributed by atoms with E-state index in [1.165, 1.54) is 12.1 Å². The maximum Gasteiger partial charge on any atom is 0.267 e. The Kier molecular flexibility index (Phi) is 4.53. The van der Waals surface area contributed by atoms with E-state index in [0.29, 0.717) is 22.9 Å². The fourth-order valence-electron chi connectivity index (χ4n) is 2.76. The Morgan fingerprint density at radius 1 is 1.07 bits per heavy atom. The highest BCUT2D eigenvalue weighted by molar-refractivity contribution is 5.97. The van der Waals surface area contributed by atoms with Crippen molar-refractivity contribution in [1.29, 1.82) is 0 Å². The van der Waals surface area contributed by atoms with E-state index in [-0.39, 0.29) is 12.5 Å². The van der Waals surface area contributed by atoms with Gasteiger partial charge in [-0.1, -0.05) is 30.3 Å². The Labute approximate surface area is 154 Å². The molecule has 0 aliphatic carbocycles. The van der Waals surface area contributed by atoms with Crippen molar-refractivity contribution in [1.82, 2.24) is 15.3 Å². The van der Waals surface area contributed by atoms with Crippen molar-refractivity contribution in [3.8, 4) is 11.6 Å². The molecule has 6 heteroatoms. The number of rotatable bonds is 5. The summed E-state index contributed by atoms with van der Waals surface area (Å²) in [5.41, 5.74) is 2.07. The molecule has 0 fully saturated rings. The second kappa shape index (κ2) is 7.29. The summed E-state index contributed by atoms with van der Waals surface area (Å²) in [6.07, 6.45) is 1.58. The van der Waals surface area contributed by atoms with Gasteiger partial charge in [-0.05, 0) is 30.3 Å². The van der Waals surface area contributed by atoms with Gasteiger partial charge >= 0.3 is 0 Å². The average Bonchev–Trinajstić information content (AvgIpc) is 3.11. The van der Waals surface area contributed by atoms with Crippen LogP contribution in [0.1, 0.15) is 16.1 Å². The molecule has 0 radical (unpaired) electrons. The summed E-state index contributed by atoms with van der Waals surface area (Å²) in [6, 6.07) is 18.9. The number of hydrogen-bond donors (Lipinski definition) is 2. The molecule has 5 nitrogen and oxygen atoms in total. The van der Waals surface area contributed by atoms with E-state index >= 15 is 0 Å². The number of para-hydroxylation sites is 1. The lowest BCUT2D eigenvalue weighted by Gasteiger charge is -2.10. The van der Waals surface area contributed by atoms with Crippen molar-refractivity contribution in [2.75, 3.05) is 0 Å². The van der Waals surface area contributed by atoms with Crippen LogP contribution in [0, 0.1) is 5.82 Å². The van der Waals surface area contributed by atoms with Gasteiger partial charge < -0.3 is 15.0 Å². The van der Waals surface area contributed by atoms with Crippen molar-refractivity contribution < 1.29 is 13.9 Å². The van der Waals surface area contributed by atoms with Crippen LogP contribution >= 0.6 is 0 Å². The van der Waals surface area contributed by atoms with Crippen LogP contribution in [-0.2, 0) is 6.54 Å². The number of aromatic nitrogens is 2. The first-order chi connectivity index (χ1) is 13.2. The van der Waals surface area contributed by atoms with Gasteiger partial charge in [-0.3, -0.25) is 4.79 Å². The second-order valence-corrected chi connectivity index (χ2v) is 5.98. The summed E-state index contributed by atoms with van der Waals surface area (Å²) in [4.78, 5) is 19.7. The maximum absolute atomic E-state index is 13.3. The molecule has 2 heterocycles. The summed E-state index contributed by atoms with van der Waals surface area (Å²) in [7, 11) is 0. The van der Waals surface area contributed by atoms with Crippen LogP contribution in [0.25, 0.3) is 10.9 Å². The third-order valence-electron chi connectivity index (χ3n) is 4.07. The topological polar surface area (TPSA) is 67.0 Å². The van der Waals surface area contributed by atoms with E-state index in [1.807, 2.05) is 24.3 Å². The first kappa shape index (κ1) is 16.8. The molecule has 2 aromatic carbocycles. The van der Waals surface area contributed by atoms with E-state index in [2.05, 4.69) is 15.3 Å². The number of fused-ring (bicyclic) bond motifs is 1. The number of H-pyrrole nitrogens is 1. The van der Waals surface area contributed by atoms with Crippen LogP contribution in [0.2, 0.25) is 0 Å². The number of hydrogen-bond acceptors (Lipinski definition) is 3. The molecule has 4 aromatic rings. The minimum Gasteiger partial charge on any atom is -0.439 e. The van der Waals surface area contributed by atoms with Crippen LogP contribution in [0.15, 0.2) is 72.9 Å². The summed E-state index contributed by atoms with van der Waals surface area (Å²) >= 11 is 0. The lowest BCUT2D eigenvalue weighted by atomic mass is 10.2. The van der Waals surface area contributed by atoms with Crippen LogP contribution < -0.4 is 10.1 Å². The zero-order valence-corrected chi connectivity index (χ0v) is 14.3. The fourth-order valence-corrected chi connectivity index (χ4v) is 2.76. The molecule has 0 bridgehead atoms. The molecule has 0 unspecified atom stereocenters. The van der Waals surface area contributed by atoms with Crippen molar-refractivity contribution in [3.05, 3.63) is 90.0 Å². The number of pyridine rings is 1. The van der Waals surface area contributed by atoms with Gasteiger partial charge in [0.05, 0.1) is 0 Å². The number of nitrogens with zero attached hydrogens (tertiary/aromatic N) is 1. The largest absolute Gasteiger partial charge is 0.439 e. The van der Waals surface area contributed by atoms with Crippen molar-refractivity contribution in [2.45, 2.75) is 6.54 Å².